The van der Waals surface area contributed by atoms with Crippen LogP contribution in [0, 0.1) is 5.92 Å². The highest BCUT2D eigenvalue weighted by molar-refractivity contribution is 6.42. The number of hydrogen-bond donors (Lipinski definition) is 2. The second-order valence-electron chi connectivity index (χ2n) is 5.97. The van der Waals surface area contributed by atoms with Crippen LogP contribution in [-0.4, -0.2) is 34.4 Å². The summed E-state index contributed by atoms with van der Waals surface area (Å²) >= 11 is 12.2. The summed E-state index contributed by atoms with van der Waals surface area (Å²) in [5.74, 6) is -0.916. The first kappa shape index (κ1) is 15.4. The Kier molecular flexibility index (Phi) is 3.95. The lowest BCUT2D eigenvalue weighted by Gasteiger charge is -2.33. The molecule has 0 radical (unpaired) electrons. The zero-order chi connectivity index (χ0) is 16.0. The van der Waals surface area contributed by atoms with Crippen molar-refractivity contribution in [3.05, 3.63) is 27.7 Å². The first-order valence-corrected chi connectivity index (χ1v) is 7.89. The number of benzene rings is 1. The fourth-order valence-electron chi connectivity index (χ4n) is 3.56. The molecule has 7 heteroatoms. The van der Waals surface area contributed by atoms with Crippen molar-refractivity contribution >= 4 is 35.0 Å². The summed E-state index contributed by atoms with van der Waals surface area (Å²) in [6.45, 7) is 0.475. The monoisotopic (exact) mass is 342 g/mol. The quantitative estimate of drug-likeness (QED) is 0.864. The van der Waals surface area contributed by atoms with Crippen LogP contribution in [-0.2, 0) is 9.59 Å². The normalized spacial score (nSPS) is 27.8. The van der Waals surface area contributed by atoms with Crippen molar-refractivity contribution in [1.29, 1.82) is 0 Å². The first-order valence-electron chi connectivity index (χ1n) is 7.14. The zero-order valence-corrected chi connectivity index (χ0v) is 13.3. The Hall–Kier alpha value is -1.46. The maximum atomic E-state index is 12.2. The van der Waals surface area contributed by atoms with Crippen molar-refractivity contribution in [2.45, 2.75) is 31.2 Å². The van der Waals surface area contributed by atoms with Gasteiger partial charge in [0.1, 0.15) is 5.75 Å². The average molecular weight is 343 g/mol. The minimum atomic E-state index is -0.430. The van der Waals surface area contributed by atoms with Gasteiger partial charge in [0.25, 0.3) is 0 Å². The van der Waals surface area contributed by atoms with E-state index in [2.05, 4.69) is 0 Å². The highest BCUT2D eigenvalue weighted by Gasteiger charge is 2.43. The summed E-state index contributed by atoms with van der Waals surface area (Å²) < 4.78 is 0. The Bertz CT molecular complexity index is 650. The van der Waals surface area contributed by atoms with Crippen LogP contribution in [0.25, 0.3) is 0 Å². The molecule has 2 fully saturated rings. The fourth-order valence-corrected chi connectivity index (χ4v) is 4.03. The Morgan fingerprint density at radius 3 is 2.73 bits per heavy atom. The van der Waals surface area contributed by atoms with Gasteiger partial charge in [0, 0.05) is 36.4 Å². The van der Waals surface area contributed by atoms with Crippen LogP contribution < -0.4 is 5.73 Å². The van der Waals surface area contributed by atoms with E-state index in [1.165, 1.54) is 6.07 Å². The third-order valence-corrected chi connectivity index (χ3v) is 5.45. The van der Waals surface area contributed by atoms with E-state index < -0.39 is 11.8 Å². The smallest absolute Gasteiger partial charge is 0.223 e. The van der Waals surface area contributed by atoms with E-state index in [0.29, 0.717) is 35.0 Å². The zero-order valence-electron chi connectivity index (χ0n) is 11.8. The number of piperidine rings is 1. The van der Waals surface area contributed by atoms with Gasteiger partial charge in [-0.2, -0.15) is 0 Å². The molecule has 0 aromatic heterocycles. The lowest BCUT2D eigenvalue weighted by atomic mass is 9.88. The molecule has 3 atom stereocenters. The Balaban J connectivity index is 1.88. The van der Waals surface area contributed by atoms with Gasteiger partial charge in [-0.15, -0.1) is 0 Å². The maximum absolute atomic E-state index is 12.2. The second kappa shape index (κ2) is 5.63. The van der Waals surface area contributed by atoms with Gasteiger partial charge in [0.05, 0.1) is 10.0 Å². The molecule has 3 N–H and O–H groups in total. The number of aromatic hydroxyl groups is 1. The van der Waals surface area contributed by atoms with Crippen molar-refractivity contribution in [3.8, 4) is 5.75 Å². The Morgan fingerprint density at radius 1 is 1.32 bits per heavy atom. The number of carbonyl (C=O) groups excluding carboxylic acids is 2. The molecule has 5 nitrogen and oxygen atoms in total. The number of rotatable bonds is 2. The summed E-state index contributed by atoms with van der Waals surface area (Å²) in [6.07, 6.45) is 1.37. The molecule has 3 rings (SSSR count). The molecule has 2 amide bonds. The van der Waals surface area contributed by atoms with E-state index in [1.54, 1.807) is 11.0 Å². The highest BCUT2D eigenvalue weighted by Crippen LogP contribution is 2.45. The molecule has 1 unspecified atom stereocenters. The largest absolute Gasteiger partial charge is 0.508 e. The Labute approximate surface area is 138 Å². The standard InChI is InChI=1S/C15H16Cl2N2O3/c16-10-1-2-11(20)13(14(10)17)8-4-9-3-7(15(18)22)5-12(21)19(9)6-8/h1-2,7-9,20H,3-6H2,(H2,18,22)/t7?,8-,9+/m0/s1. The molecule has 1 aromatic carbocycles. The lowest BCUT2D eigenvalue weighted by molar-refractivity contribution is -0.140. The number of primary amides is 1. The van der Waals surface area contributed by atoms with E-state index in [-0.39, 0.29) is 30.0 Å². The number of fused-ring (bicyclic) bond motifs is 1. The summed E-state index contributed by atoms with van der Waals surface area (Å²) in [6, 6.07) is 3.01. The van der Waals surface area contributed by atoms with Crippen molar-refractivity contribution in [2.75, 3.05) is 6.54 Å². The van der Waals surface area contributed by atoms with Crippen LogP contribution in [0.2, 0.25) is 10.0 Å². The van der Waals surface area contributed by atoms with Crippen LogP contribution in [0.3, 0.4) is 0 Å². The molecule has 0 spiro atoms. The maximum Gasteiger partial charge on any atom is 0.223 e. The van der Waals surface area contributed by atoms with Gasteiger partial charge in [0.2, 0.25) is 11.8 Å². The molecule has 2 saturated heterocycles. The molecular weight excluding hydrogens is 327 g/mol. The van der Waals surface area contributed by atoms with Crippen LogP contribution >= 0.6 is 23.2 Å². The molecule has 0 aliphatic carbocycles. The van der Waals surface area contributed by atoms with Gasteiger partial charge < -0.3 is 15.7 Å². The van der Waals surface area contributed by atoms with Gasteiger partial charge in [-0.3, -0.25) is 9.59 Å². The number of carbonyl (C=O) groups is 2. The number of nitrogens with zero attached hydrogens (tertiary/aromatic N) is 1. The Morgan fingerprint density at radius 2 is 2.05 bits per heavy atom. The van der Waals surface area contributed by atoms with Crippen LogP contribution in [0.4, 0.5) is 0 Å². The molecule has 0 saturated carbocycles. The summed E-state index contributed by atoms with van der Waals surface area (Å²) in [4.78, 5) is 25.3. The highest BCUT2D eigenvalue weighted by atomic mass is 35.5. The second-order valence-corrected chi connectivity index (χ2v) is 6.75. The molecule has 1 aromatic rings. The third kappa shape index (κ3) is 2.52. The number of hydrogen-bond acceptors (Lipinski definition) is 3. The average Bonchev–Trinajstić information content (AvgIpc) is 2.87. The molecular formula is C15H16Cl2N2O3. The van der Waals surface area contributed by atoms with Crippen LogP contribution in [0.5, 0.6) is 5.75 Å². The van der Waals surface area contributed by atoms with Crippen molar-refractivity contribution in [1.82, 2.24) is 4.90 Å². The molecule has 0 bridgehead atoms. The van der Waals surface area contributed by atoms with E-state index >= 15 is 0 Å². The van der Waals surface area contributed by atoms with E-state index in [0.717, 1.165) is 0 Å². The predicted octanol–water partition coefficient (Wildman–Crippen LogP) is 2.28. The number of phenolic OH excluding ortho intramolecular Hbond substituents is 1. The minimum Gasteiger partial charge on any atom is -0.508 e. The van der Waals surface area contributed by atoms with Gasteiger partial charge in [-0.25, -0.2) is 0 Å². The van der Waals surface area contributed by atoms with Gasteiger partial charge in [0.15, 0.2) is 0 Å². The lowest BCUT2D eigenvalue weighted by Crippen LogP contribution is -2.45. The van der Waals surface area contributed by atoms with Crippen molar-refractivity contribution in [3.63, 3.8) is 0 Å². The first-order chi connectivity index (χ1) is 10.4. The van der Waals surface area contributed by atoms with Crippen LogP contribution in [0.15, 0.2) is 12.1 Å². The summed E-state index contributed by atoms with van der Waals surface area (Å²) in [5.41, 5.74) is 5.91. The number of nitrogens with two attached hydrogens (primary N) is 1. The summed E-state index contributed by atoms with van der Waals surface area (Å²) in [7, 11) is 0. The molecule has 2 aliphatic heterocycles. The predicted molar refractivity (Wildman–Crippen MR) is 82.9 cm³/mol. The SMILES string of the molecule is NC(=O)C1CC(=O)N2C[C@@H](c3c(O)ccc(Cl)c3Cl)C[C@H]2C1. The molecule has 118 valence electrons. The van der Waals surface area contributed by atoms with Gasteiger partial charge in [-0.1, -0.05) is 23.2 Å². The topological polar surface area (TPSA) is 83.6 Å². The van der Waals surface area contributed by atoms with E-state index in [9.17, 15) is 14.7 Å². The number of phenols is 1. The van der Waals surface area contributed by atoms with Crippen LogP contribution in [0.1, 0.15) is 30.7 Å². The van der Waals surface area contributed by atoms with Crippen molar-refractivity contribution < 1.29 is 14.7 Å². The summed E-state index contributed by atoms with van der Waals surface area (Å²) in [5, 5.41) is 10.8. The van der Waals surface area contributed by atoms with Crippen molar-refractivity contribution in [2.24, 2.45) is 11.7 Å². The molecule has 22 heavy (non-hydrogen) atoms. The molecule has 2 heterocycles. The van der Waals surface area contributed by atoms with E-state index in [4.69, 9.17) is 28.9 Å². The molecule has 2 aliphatic rings. The third-order valence-electron chi connectivity index (χ3n) is 4.63. The van der Waals surface area contributed by atoms with Gasteiger partial charge in [-0.05, 0) is 25.0 Å². The fraction of sp³-hybridized carbons (Fsp3) is 0.467. The number of amides is 2. The minimum absolute atomic E-state index is 0.0433. The van der Waals surface area contributed by atoms with Gasteiger partial charge >= 0.3 is 0 Å². The number of halogens is 2. The van der Waals surface area contributed by atoms with E-state index in [1.807, 2.05) is 0 Å².